The van der Waals surface area contributed by atoms with E-state index in [0.717, 1.165) is 40.8 Å². The lowest BCUT2D eigenvalue weighted by molar-refractivity contribution is 0.0352. The molecule has 0 saturated carbocycles. The van der Waals surface area contributed by atoms with Crippen LogP contribution in [0.5, 0.6) is 11.5 Å². The highest BCUT2D eigenvalue weighted by Gasteiger charge is 2.25. The van der Waals surface area contributed by atoms with Crippen molar-refractivity contribution in [1.29, 1.82) is 0 Å². The minimum Gasteiger partial charge on any atom is -0.486 e. The average molecular weight is 404 g/mol. The van der Waals surface area contributed by atoms with Crippen molar-refractivity contribution < 1.29 is 19.0 Å². The third-order valence-electron chi connectivity index (χ3n) is 5.85. The van der Waals surface area contributed by atoms with E-state index < -0.39 is 0 Å². The average Bonchev–Trinajstić information content (AvgIpc) is 2.82. The lowest BCUT2D eigenvalue weighted by atomic mass is 10.0. The smallest absolute Gasteiger partial charge is 0.254 e. The van der Waals surface area contributed by atoms with Crippen molar-refractivity contribution in [2.45, 2.75) is 18.9 Å². The maximum absolute atomic E-state index is 13.4. The summed E-state index contributed by atoms with van der Waals surface area (Å²) in [6.45, 7) is 2.49. The molecular weight excluding hydrogens is 380 g/mol. The molecule has 0 spiro atoms. The molecule has 154 valence electrons. The largest absolute Gasteiger partial charge is 0.486 e. The van der Waals surface area contributed by atoms with E-state index in [1.807, 2.05) is 53.4 Å². The summed E-state index contributed by atoms with van der Waals surface area (Å²) >= 11 is 0. The Hall–Kier alpha value is -3.12. The van der Waals surface area contributed by atoms with Gasteiger partial charge in [-0.3, -0.25) is 4.79 Å². The number of piperidine rings is 1. The molecule has 0 bridgehead atoms. The zero-order valence-corrected chi connectivity index (χ0v) is 17.0. The van der Waals surface area contributed by atoms with E-state index in [1.165, 1.54) is 0 Å². The molecular formula is C24H24N2O4. The molecule has 0 N–H and O–H groups in total. The van der Waals surface area contributed by atoms with Crippen molar-refractivity contribution in [3.8, 4) is 22.8 Å². The van der Waals surface area contributed by atoms with Crippen LogP contribution in [-0.4, -0.2) is 55.3 Å². The summed E-state index contributed by atoms with van der Waals surface area (Å²) in [6.07, 6.45) is 1.96. The first kappa shape index (κ1) is 18.9. The lowest BCUT2D eigenvalue weighted by Crippen LogP contribution is -2.40. The molecule has 2 aromatic carbocycles. The fourth-order valence-corrected chi connectivity index (χ4v) is 4.17. The van der Waals surface area contributed by atoms with Gasteiger partial charge in [0.05, 0.1) is 22.9 Å². The SMILES string of the molecule is COC1CCN(C(=O)c2cc(-c3ccc4c(c3)OCCO4)nc3ccccc23)CC1. The molecule has 3 aromatic rings. The van der Waals surface area contributed by atoms with Crippen LogP contribution in [0.25, 0.3) is 22.2 Å². The summed E-state index contributed by atoms with van der Waals surface area (Å²) in [7, 11) is 1.73. The number of nitrogens with zero attached hydrogens (tertiary/aromatic N) is 2. The highest BCUT2D eigenvalue weighted by atomic mass is 16.6. The molecule has 5 rings (SSSR count). The van der Waals surface area contributed by atoms with Crippen molar-refractivity contribution in [2.24, 2.45) is 0 Å². The summed E-state index contributed by atoms with van der Waals surface area (Å²) < 4.78 is 16.8. The van der Waals surface area contributed by atoms with Gasteiger partial charge in [-0.25, -0.2) is 4.98 Å². The van der Waals surface area contributed by atoms with Crippen LogP contribution in [0, 0.1) is 0 Å². The van der Waals surface area contributed by atoms with E-state index >= 15 is 0 Å². The molecule has 0 radical (unpaired) electrons. The second-order valence-electron chi connectivity index (χ2n) is 7.66. The Morgan fingerprint density at radius 2 is 1.80 bits per heavy atom. The van der Waals surface area contributed by atoms with Crippen LogP contribution in [0.4, 0.5) is 0 Å². The van der Waals surface area contributed by atoms with Crippen LogP contribution in [-0.2, 0) is 4.74 Å². The van der Waals surface area contributed by atoms with Gasteiger partial charge in [-0.15, -0.1) is 0 Å². The van der Waals surface area contributed by atoms with Gasteiger partial charge in [0.1, 0.15) is 13.2 Å². The van der Waals surface area contributed by atoms with Gasteiger partial charge in [-0.2, -0.15) is 0 Å². The van der Waals surface area contributed by atoms with E-state index in [4.69, 9.17) is 19.2 Å². The van der Waals surface area contributed by atoms with Gasteiger partial charge in [0.2, 0.25) is 0 Å². The van der Waals surface area contributed by atoms with Crippen LogP contribution in [0.3, 0.4) is 0 Å². The third kappa shape index (κ3) is 3.48. The first-order chi connectivity index (χ1) is 14.7. The molecule has 30 heavy (non-hydrogen) atoms. The number of carbonyl (C=O) groups excluding carboxylic acids is 1. The van der Waals surface area contributed by atoms with Crippen molar-refractivity contribution >= 4 is 16.8 Å². The summed E-state index contributed by atoms with van der Waals surface area (Å²) in [6, 6.07) is 15.5. The molecule has 3 heterocycles. The van der Waals surface area contributed by atoms with Gasteiger partial charge in [-0.1, -0.05) is 18.2 Å². The van der Waals surface area contributed by atoms with Gasteiger partial charge in [-0.05, 0) is 43.2 Å². The number of fused-ring (bicyclic) bond motifs is 2. The van der Waals surface area contributed by atoms with Gasteiger partial charge >= 0.3 is 0 Å². The number of likely N-dealkylation sites (tertiary alicyclic amines) is 1. The Morgan fingerprint density at radius 3 is 2.60 bits per heavy atom. The molecule has 2 aliphatic heterocycles. The molecule has 1 fully saturated rings. The van der Waals surface area contributed by atoms with Crippen LogP contribution in [0.15, 0.2) is 48.5 Å². The van der Waals surface area contributed by atoms with Crippen LogP contribution < -0.4 is 9.47 Å². The zero-order chi connectivity index (χ0) is 20.5. The Labute approximate surface area is 175 Å². The van der Waals surface area contributed by atoms with Crippen molar-refractivity contribution in [1.82, 2.24) is 9.88 Å². The molecule has 1 saturated heterocycles. The molecule has 0 atom stereocenters. The standard InChI is InChI=1S/C24H24N2O4/c1-28-17-8-10-26(11-9-17)24(27)19-15-21(25-20-5-3-2-4-18(19)20)16-6-7-22-23(14-16)30-13-12-29-22/h2-7,14-15,17H,8-13H2,1H3. The Balaban J connectivity index is 1.54. The number of hydrogen-bond donors (Lipinski definition) is 0. The summed E-state index contributed by atoms with van der Waals surface area (Å²) in [5.41, 5.74) is 3.14. The van der Waals surface area contributed by atoms with Gasteiger partial charge < -0.3 is 19.1 Å². The van der Waals surface area contributed by atoms with Gasteiger partial charge in [0.25, 0.3) is 5.91 Å². The number of amides is 1. The number of benzene rings is 2. The number of aromatic nitrogens is 1. The van der Waals surface area contributed by atoms with Crippen LogP contribution in [0.1, 0.15) is 23.2 Å². The number of hydrogen-bond acceptors (Lipinski definition) is 5. The number of methoxy groups -OCH3 is 1. The van der Waals surface area contributed by atoms with Crippen LogP contribution in [0.2, 0.25) is 0 Å². The molecule has 1 aromatic heterocycles. The number of carbonyl (C=O) groups is 1. The Morgan fingerprint density at radius 1 is 1.03 bits per heavy atom. The van der Waals surface area contributed by atoms with Crippen molar-refractivity contribution in [3.63, 3.8) is 0 Å². The minimum atomic E-state index is 0.0435. The molecule has 2 aliphatic rings. The topological polar surface area (TPSA) is 60.9 Å². The van der Waals surface area contributed by atoms with Crippen molar-refractivity contribution in [3.05, 3.63) is 54.1 Å². The number of ether oxygens (including phenoxy) is 3. The zero-order valence-electron chi connectivity index (χ0n) is 17.0. The second kappa shape index (κ2) is 7.95. The summed E-state index contributed by atoms with van der Waals surface area (Å²) in [5, 5.41) is 0.873. The Kier molecular flexibility index (Phi) is 5.01. The van der Waals surface area contributed by atoms with Crippen LogP contribution >= 0.6 is 0 Å². The summed E-state index contributed by atoms with van der Waals surface area (Å²) in [4.78, 5) is 20.2. The predicted molar refractivity (Wildman–Crippen MR) is 114 cm³/mol. The highest BCUT2D eigenvalue weighted by Crippen LogP contribution is 2.35. The molecule has 0 aliphatic carbocycles. The summed E-state index contributed by atoms with van der Waals surface area (Å²) in [5.74, 6) is 1.49. The molecule has 6 heteroatoms. The minimum absolute atomic E-state index is 0.0435. The fraction of sp³-hybridized carbons (Fsp3) is 0.333. The lowest BCUT2D eigenvalue weighted by Gasteiger charge is -2.31. The Bertz CT molecular complexity index is 1090. The normalized spacial score (nSPS) is 16.6. The van der Waals surface area contributed by atoms with E-state index in [0.29, 0.717) is 37.6 Å². The molecule has 0 unspecified atom stereocenters. The number of pyridine rings is 1. The fourth-order valence-electron chi connectivity index (χ4n) is 4.17. The highest BCUT2D eigenvalue weighted by molar-refractivity contribution is 6.07. The number of para-hydroxylation sites is 1. The quantitative estimate of drug-likeness (QED) is 0.662. The third-order valence-corrected chi connectivity index (χ3v) is 5.85. The van der Waals surface area contributed by atoms with E-state index in [9.17, 15) is 4.79 Å². The first-order valence-electron chi connectivity index (χ1n) is 10.3. The second-order valence-corrected chi connectivity index (χ2v) is 7.66. The number of rotatable bonds is 3. The predicted octanol–water partition coefficient (Wildman–Crippen LogP) is 3.92. The van der Waals surface area contributed by atoms with Gasteiger partial charge in [0, 0.05) is 31.1 Å². The molecule has 6 nitrogen and oxygen atoms in total. The maximum Gasteiger partial charge on any atom is 0.254 e. The monoisotopic (exact) mass is 404 g/mol. The van der Waals surface area contributed by atoms with Crippen molar-refractivity contribution in [2.75, 3.05) is 33.4 Å². The van der Waals surface area contributed by atoms with E-state index in [2.05, 4.69) is 0 Å². The van der Waals surface area contributed by atoms with E-state index in [-0.39, 0.29) is 12.0 Å². The van der Waals surface area contributed by atoms with E-state index in [1.54, 1.807) is 7.11 Å². The molecule has 1 amide bonds. The first-order valence-corrected chi connectivity index (χ1v) is 10.3. The van der Waals surface area contributed by atoms with Gasteiger partial charge in [0.15, 0.2) is 11.5 Å². The maximum atomic E-state index is 13.4.